The molecule has 2 heteroatoms. The van der Waals surface area contributed by atoms with Crippen LogP contribution in [0.3, 0.4) is 0 Å². The number of hydrogen-bond acceptors (Lipinski definition) is 1. The van der Waals surface area contributed by atoms with Crippen molar-refractivity contribution in [3.05, 3.63) is 101 Å². The Labute approximate surface area is 191 Å². The van der Waals surface area contributed by atoms with Crippen molar-refractivity contribution in [1.29, 1.82) is 0 Å². The van der Waals surface area contributed by atoms with Crippen molar-refractivity contribution in [2.24, 2.45) is 10.8 Å². The van der Waals surface area contributed by atoms with Crippen LogP contribution in [0.5, 0.6) is 0 Å². The molecule has 0 radical (unpaired) electrons. The minimum absolute atomic E-state index is 0.0405. The fourth-order valence-electron chi connectivity index (χ4n) is 5.90. The SMILES string of the molecule is Cc1ccc(C2=C3c4ccccc4N(Cc4ccccc4)C(=O)C3(C)CC(C)(C)C2)cc1. The number of allylic oxidation sites excluding steroid dienone is 1. The van der Waals surface area contributed by atoms with E-state index in [9.17, 15) is 4.79 Å². The van der Waals surface area contributed by atoms with Crippen molar-refractivity contribution in [2.75, 3.05) is 4.90 Å². The Balaban J connectivity index is 1.75. The molecular formula is C30H31NO. The zero-order valence-corrected chi connectivity index (χ0v) is 19.5. The molecule has 1 atom stereocenters. The Morgan fingerprint density at radius 1 is 0.844 bits per heavy atom. The van der Waals surface area contributed by atoms with Crippen LogP contribution in [-0.4, -0.2) is 5.91 Å². The van der Waals surface area contributed by atoms with Crippen molar-refractivity contribution in [1.82, 2.24) is 0 Å². The molecule has 0 N–H and O–H groups in total. The third-order valence-corrected chi connectivity index (χ3v) is 7.11. The smallest absolute Gasteiger partial charge is 0.237 e. The van der Waals surface area contributed by atoms with Crippen LogP contribution in [0.15, 0.2) is 78.9 Å². The highest BCUT2D eigenvalue weighted by atomic mass is 16.2. The summed E-state index contributed by atoms with van der Waals surface area (Å²) in [6, 6.07) is 27.6. The zero-order chi connectivity index (χ0) is 22.5. The molecule has 162 valence electrons. The summed E-state index contributed by atoms with van der Waals surface area (Å²) in [5.74, 6) is 0.215. The van der Waals surface area contributed by atoms with Gasteiger partial charge in [-0.1, -0.05) is 92.2 Å². The molecule has 2 nitrogen and oxygen atoms in total. The molecule has 1 heterocycles. The van der Waals surface area contributed by atoms with E-state index in [0.29, 0.717) is 6.54 Å². The van der Waals surface area contributed by atoms with Crippen LogP contribution in [0.25, 0.3) is 11.1 Å². The molecule has 0 aromatic heterocycles. The van der Waals surface area contributed by atoms with Gasteiger partial charge in [-0.05, 0) is 60.4 Å². The van der Waals surface area contributed by atoms with Gasteiger partial charge in [-0.25, -0.2) is 0 Å². The summed E-state index contributed by atoms with van der Waals surface area (Å²) >= 11 is 0. The topological polar surface area (TPSA) is 20.3 Å². The molecule has 0 spiro atoms. The van der Waals surface area contributed by atoms with Gasteiger partial charge in [0, 0.05) is 5.56 Å². The third-order valence-electron chi connectivity index (χ3n) is 7.11. The minimum atomic E-state index is -0.550. The Morgan fingerprint density at radius 3 is 2.22 bits per heavy atom. The van der Waals surface area contributed by atoms with Gasteiger partial charge >= 0.3 is 0 Å². The molecule has 0 bridgehead atoms. The van der Waals surface area contributed by atoms with E-state index in [2.05, 4.69) is 82.3 Å². The number of rotatable bonds is 3. The molecule has 3 aromatic carbocycles. The van der Waals surface area contributed by atoms with E-state index in [0.717, 1.165) is 24.1 Å². The summed E-state index contributed by atoms with van der Waals surface area (Å²) in [5, 5.41) is 0. The van der Waals surface area contributed by atoms with Gasteiger partial charge in [0.05, 0.1) is 17.6 Å². The van der Waals surface area contributed by atoms with Crippen LogP contribution in [0, 0.1) is 17.8 Å². The predicted octanol–water partition coefficient (Wildman–Crippen LogP) is 7.28. The molecule has 0 fully saturated rings. The average Bonchev–Trinajstić information content (AvgIpc) is 2.77. The Bertz CT molecular complexity index is 1200. The molecule has 0 saturated heterocycles. The number of amides is 1. The van der Waals surface area contributed by atoms with Gasteiger partial charge in [-0.2, -0.15) is 0 Å². The summed E-state index contributed by atoms with van der Waals surface area (Å²) in [4.78, 5) is 16.3. The summed E-state index contributed by atoms with van der Waals surface area (Å²) < 4.78 is 0. The Morgan fingerprint density at radius 2 is 1.50 bits per heavy atom. The van der Waals surface area contributed by atoms with E-state index in [1.807, 2.05) is 29.2 Å². The number of para-hydroxylation sites is 1. The Kier molecular flexibility index (Phi) is 4.85. The van der Waals surface area contributed by atoms with E-state index < -0.39 is 5.41 Å². The van der Waals surface area contributed by atoms with Crippen molar-refractivity contribution in [3.63, 3.8) is 0 Å². The van der Waals surface area contributed by atoms with E-state index >= 15 is 0 Å². The van der Waals surface area contributed by atoms with Gasteiger partial charge in [0.1, 0.15) is 0 Å². The summed E-state index contributed by atoms with van der Waals surface area (Å²) in [6.45, 7) is 9.50. The van der Waals surface area contributed by atoms with Gasteiger partial charge in [-0.15, -0.1) is 0 Å². The van der Waals surface area contributed by atoms with E-state index in [4.69, 9.17) is 0 Å². The first kappa shape index (κ1) is 20.8. The average molecular weight is 422 g/mol. The van der Waals surface area contributed by atoms with E-state index in [1.54, 1.807) is 0 Å². The van der Waals surface area contributed by atoms with Crippen LogP contribution in [0.1, 0.15) is 55.9 Å². The van der Waals surface area contributed by atoms with Gasteiger partial charge in [0.2, 0.25) is 5.91 Å². The highest BCUT2D eigenvalue weighted by molar-refractivity contribution is 6.16. The minimum Gasteiger partial charge on any atom is -0.307 e. The second-order valence-electron chi connectivity index (χ2n) is 10.5. The second kappa shape index (κ2) is 7.48. The molecule has 3 aromatic rings. The number of carbonyl (C=O) groups is 1. The molecule has 1 amide bonds. The quantitative estimate of drug-likeness (QED) is 0.435. The summed E-state index contributed by atoms with van der Waals surface area (Å²) in [5.41, 5.74) is 7.92. The largest absolute Gasteiger partial charge is 0.307 e. The van der Waals surface area contributed by atoms with E-state index in [1.165, 1.54) is 27.8 Å². The molecule has 1 unspecified atom stereocenters. The predicted molar refractivity (Wildman–Crippen MR) is 133 cm³/mol. The number of nitrogens with zero attached hydrogens (tertiary/aromatic N) is 1. The number of benzene rings is 3. The van der Waals surface area contributed by atoms with Gasteiger partial charge in [0.15, 0.2) is 0 Å². The lowest BCUT2D eigenvalue weighted by atomic mass is 9.57. The van der Waals surface area contributed by atoms with E-state index in [-0.39, 0.29) is 11.3 Å². The van der Waals surface area contributed by atoms with Crippen molar-refractivity contribution in [2.45, 2.75) is 47.1 Å². The van der Waals surface area contributed by atoms with Crippen LogP contribution in [0.4, 0.5) is 5.69 Å². The summed E-state index contributed by atoms with van der Waals surface area (Å²) in [7, 11) is 0. The maximum Gasteiger partial charge on any atom is 0.237 e. The number of carbonyl (C=O) groups excluding carboxylic acids is 1. The summed E-state index contributed by atoms with van der Waals surface area (Å²) in [6.07, 6.45) is 1.82. The monoisotopic (exact) mass is 421 g/mol. The normalized spacial score (nSPS) is 21.9. The fraction of sp³-hybridized carbons (Fsp3) is 0.300. The fourth-order valence-corrected chi connectivity index (χ4v) is 5.90. The molecule has 32 heavy (non-hydrogen) atoms. The number of fused-ring (bicyclic) bond motifs is 3. The second-order valence-corrected chi connectivity index (χ2v) is 10.5. The lowest BCUT2D eigenvalue weighted by Crippen LogP contribution is -2.50. The molecule has 1 aliphatic heterocycles. The van der Waals surface area contributed by atoms with Crippen LogP contribution in [0.2, 0.25) is 0 Å². The Hall–Kier alpha value is -3.13. The third kappa shape index (κ3) is 3.39. The first-order valence-electron chi connectivity index (χ1n) is 11.5. The lowest BCUT2D eigenvalue weighted by molar-refractivity contribution is -0.126. The molecular weight excluding hydrogens is 390 g/mol. The van der Waals surface area contributed by atoms with Crippen LogP contribution in [-0.2, 0) is 11.3 Å². The maximum absolute atomic E-state index is 14.3. The molecule has 1 aliphatic carbocycles. The number of anilines is 1. The molecule has 0 saturated carbocycles. The van der Waals surface area contributed by atoms with Gasteiger partial charge in [0.25, 0.3) is 0 Å². The van der Waals surface area contributed by atoms with Crippen molar-refractivity contribution in [3.8, 4) is 0 Å². The molecule has 5 rings (SSSR count). The highest BCUT2D eigenvalue weighted by Gasteiger charge is 2.52. The van der Waals surface area contributed by atoms with Crippen molar-refractivity contribution >= 4 is 22.7 Å². The van der Waals surface area contributed by atoms with Gasteiger partial charge < -0.3 is 4.90 Å². The highest BCUT2D eigenvalue weighted by Crippen LogP contribution is 2.60. The van der Waals surface area contributed by atoms with Gasteiger partial charge in [-0.3, -0.25) is 4.79 Å². The maximum atomic E-state index is 14.3. The number of hydrogen-bond donors (Lipinski definition) is 0. The standard InChI is InChI=1S/C30H31NO/c1-21-14-16-23(17-15-21)25-18-29(2,3)20-30(4)27(25)24-12-8-9-13-26(24)31(28(30)32)19-22-10-6-5-7-11-22/h5-17H,18-20H2,1-4H3. The number of aryl methyl sites for hydroxylation is 1. The zero-order valence-electron chi connectivity index (χ0n) is 19.5. The van der Waals surface area contributed by atoms with Crippen LogP contribution < -0.4 is 4.90 Å². The molecule has 2 aliphatic rings. The van der Waals surface area contributed by atoms with Crippen LogP contribution >= 0.6 is 0 Å². The lowest BCUT2D eigenvalue weighted by Gasteiger charge is -2.50. The first-order valence-corrected chi connectivity index (χ1v) is 11.5. The van der Waals surface area contributed by atoms with Crippen molar-refractivity contribution < 1.29 is 4.79 Å². The first-order chi connectivity index (χ1) is 15.3.